The summed E-state index contributed by atoms with van der Waals surface area (Å²) in [4.78, 5) is 2.54. The highest BCUT2D eigenvalue weighted by molar-refractivity contribution is 4.68. The number of hydrogen-bond acceptors (Lipinski definition) is 1. The van der Waals surface area contributed by atoms with E-state index in [0.717, 1.165) is 6.04 Å². The molecule has 1 saturated heterocycles. The Morgan fingerprint density at radius 2 is 1.50 bits per heavy atom. The molecule has 0 aromatic carbocycles. The van der Waals surface area contributed by atoms with Gasteiger partial charge < -0.3 is 4.48 Å². The van der Waals surface area contributed by atoms with E-state index < -0.39 is 0 Å². The summed E-state index contributed by atoms with van der Waals surface area (Å²) in [5.74, 6) is 0. The second kappa shape index (κ2) is 6.91. The summed E-state index contributed by atoms with van der Waals surface area (Å²) in [5.41, 5.74) is 0. The maximum Gasteiger partial charge on any atom is 0.135 e. The number of likely N-dealkylation sites (N-methyl/N-ethyl adjacent to an activating group) is 2. The minimum Gasteiger partial charge on any atom is -0.308 e. The van der Waals surface area contributed by atoms with Crippen LogP contribution in [0.4, 0.5) is 0 Å². The molecule has 2 aliphatic rings. The van der Waals surface area contributed by atoms with Crippen LogP contribution in [0.1, 0.15) is 64.7 Å². The summed E-state index contributed by atoms with van der Waals surface area (Å²) in [5, 5.41) is 0. The average molecular weight is 253 g/mol. The molecule has 1 heterocycles. The van der Waals surface area contributed by atoms with E-state index >= 15 is 0 Å². The number of rotatable bonds is 2. The predicted molar refractivity (Wildman–Crippen MR) is 78.5 cm³/mol. The Hall–Kier alpha value is -0.0800. The second-order valence-electron chi connectivity index (χ2n) is 6.69. The molecule has 2 nitrogen and oxygen atoms in total. The smallest absolute Gasteiger partial charge is 0.135 e. The van der Waals surface area contributed by atoms with E-state index in [9.17, 15) is 0 Å². The lowest BCUT2D eigenvalue weighted by molar-refractivity contribution is -0.943. The van der Waals surface area contributed by atoms with E-state index in [-0.39, 0.29) is 0 Å². The van der Waals surface area contributed by atoms with Gasteiger partial charge in [-0.2, -0.15) is 0 Å². The molecule has 2 heteroatoms. The molecule has 1 unspecified atom stereocenters. The third-order valence-electron chi connectivity index (χ3n) is 5.43. The van der Waals surface area contributed by atoms with Crippen LogP contribution < -0.4 is 0 Å². The van der Waals surface area contributed by atoms with Gasteiger partial charge in [0.05, 0.1) is 25.7 Å². The molecule has 2 rings (SSSR count). The molecular weight excluding hydrogens is 220 g/mol. The first-order chi connectivity index (χ1) is 8.77. The van der Waals surface area contributed by atoms with E-state index in [4.69, 9.17) is 0 Å². The van der Waals surface area contributed by atoms with Crippen molar-refractivity contribution in [1.82, 2.24) is 4.90 Å². The molecule has 1 saturated carbocycles. The molecular formula is C16H33N2+. The number of hydrogen-bond donors (Lipinski definition) is 0. The third-order valence-corrected chi connectivity index (χ3v) is 5.43. The van der Waals surface area contributed by atoms with Gasteiger partial charge in [-0.05, 0) is 39.7 Å². The van der Waals surface area contributed by atoms with Crippen LogP contribution in [0.15, 0.2) is 0 Å². The molecule has 0 aromatic rings. The summed E-state index contributed by atoms with van der Waals surface area (Å²) in [6.45, 7) is 7.77. The van der Waals surface area contributed by atoms with Crippen molar-refractivity contribution in [2.24, 2.45) is 0 Å². The molecule has 106 valence electrons. The van der Waals surface area contributed by atoms with Crippen molar-refractivity contribution in [3.05, 3.63) is 0 Å². The fourth-order valence-electron chi connectivity index (χ4n) is 4.14. The first kappa shape index (κ1) is 14.3. The highest BCUT2D eigenvalue weighted by atomic mass is 15.5. The second-order valence-corrected chi connectivity index (χ2v) is 6.69. The first-order valence-corrected chi connectivity index (χ1v) is 8.31. The minimum absolute atomic E-state index is 0.957. The maximum atomic E-state index is 2.54. The van der Waals surface area contributed by atoms with Gasteiger partial charge in [0, 0.05) is 0 Å². The van der Waals surface area contributed by atoms with Crippen LogP contribution in [0, 0.1) is 0 Å². The predicted octanol–water partition coefficient (Wildman–Crippen LogP) is 3.62. The van der Waals surface area contributed by atoms with Crippen LogP contribution in [-0.4, -0.2) is 48.8 Å². The van der Waals surface area contributed by atoms with E-state index in [1.165, 1.54) is 88.6 Å². The molecule has 1 atom stereocenters. The van der Waals surface area contributed by atoms with Crippen LogP contribution in [0.5, 0.6) is 0 Å². The largest absolute Gasteiger partial charge is 0.308 e. The SMILES string of the molecule is CC[N+]1(C2CCCCCCCCC2)CCN(C)C1. The van der Waals surface area contributed by atoms with Crippen LogP contribution in [-0.2, 0) is 0 Å². The van der Waals surface area contributed by atoms with Crippen molar-refractivity contribution in [2.75, 3.05) is 33.4 Å². The van der Waals surface area contributed by atoms with Gasteiger partial charge in [-0.25, -0.2) is 0 Å². The zero-order chi connectivity index (χ0) is 12.8. The van der Waals surface area contributed by atoms with Crippen molar-refractivity contribution >= 4 is 0 Å². The Bertz CT molecular complexity index is 231. The lowest BCUT2D eigenvalue weighted by Crippen LogP contribution is -2.54. The Balaban J connectivity index is 1.97. The average Bonchev–Trinajstić information content (AvgIpc) is 2.79. The van der Waals surface area contributed by atoms with E-state index in [2.05, 4.69) is 18.9 Å². The maximum absolute atomic E-state index is 2.54. The molecule has 18 heavy (non-hydrogen) atoms. The van der Waals surface area contributed by atoms with E-state index in [0.29, 0.717) is 0 Å². The van der Waals surface area contributed by atoms with Crippen LogP contribution in [0.3, 0.4) is 0 Å². The summed E-state index contributed by atoms with van der Waals surface area (Å²) in [7, 11) is 2.30. The highest BCUT2D eigenvalue weighted by Gasteiger charge is 2.39. The fraction of sp³-hybridized carbons (Fsp3) is 1.00. The molecule has 0 N–H and O–H groups in total. The van der Waals surface area contributed by atoms with Gasteiger partial charge in [0.15, 0.2) is 0 Å². The Kier molecular flexibility index (Phi) is 5.50. The molecule has 0 bridgehead atoms. The fourth-order valence-corrected chi connectivity index (χ4v) is 4.14. The van der Waals surface area contributed by atoms with E-state index in [1.54, 1.807) is 0 Å². The molecule has 1 aliphatic heterocycles. The summed E-state index contributed by atoms with van der Waals surface area (Å²) in [6, 6.07) is 0.957. The normalized spacial score (nSPS) is 33.7. The monoisotopic (exact) mass is 253 g/mol. The van der Waals surface area contributed by atoms with Crippen LogP contribution in [0.25, 0.3) is 0 Å². The lowest BCUT2D eigenvalue weighted by atomic mass is 9.95. The van der Waals surface area contributed by atoms with Crippen molar-refractivity contribution in [3.8, 4) is 0 Å². The van der Waals surface area contributed by atoms with Gasteiger partial charge in [-0.3, -0.25) is 4.90 Å². The van der Waals surface area contributed by atoms with Gasteiger partial charge in [0.25, 0.3) is 0 Å². The van der Waals surface area contributed by atoms with Crippen LogP contribution >= 0.6 is 0 Å². The van der Waals surface area contributed by atoms with Crippen molar-refractivity contribution in [2.45, 2.75) is 70.8 Å². The van der Waals surface area contributed by atoms with Gasteiger partial charge in [0.2, 0.25) is 0 Å². The van der Waals surface area contributed by atoms with E-state index in [1.807, 2.05) is 0 Å². The molecule has 1 aliphatic carbocycles. The quantitative estimate of drug-likeness (QED) is 0.679. The first-order valence-electron chi connectivity index (χ1n) is 8.31. The number of quaternary nitrogens is 1. The third kappa shape index (κ3) is 3.48. The van der Waals surface area contributed by atoms with Crippen molar-refractivity contribution in [1.29, 1.82) is 0 Å². The molecule has 0 radical (unpaired) electrons. The van der Waals surface area contributed by atoms with Crippen LogP contribution in [0.2, 0.25) is 0 Å². The van der Waals surface area contributed by atoms with Crippen molar-refractivity contribution < 1.29 is 4.48 Å². The van der Waals surface area contributed by atoms with Crippen molar-refractivity contribution in [3.63, 3.8) is 0 Å². The molecule has 0 amide bonds. The Morgan fingerprint density at radius 3 is 1.94 bits per heavy atom. The topological polar surface area (TPSA) is 3.24 Å². The standard InChI is InChI=1S/C16H33N2/c1-3-18(14-13-17(2)15-18)16-11-9-7-5-4-6-8-10-12-16/h16H,3-15H2,1-2H3/q+1. The highest BCUT2D eigenvalue weighted by Crippen LogP contribution is 2.29. The molecule has 0 spiro atoms. The van der Waals surface area contributed by atoms with Gasteiger partial charge in [-0.1, -0.05) is 32.1 Å². The van der Waals surface area contributed by atoms with Gasteiger partial charge >= 0.3 is 0 Å². The Labute approximate surface area is 114 Å². The van der Waals surface area contributed by atoms with Gasteiger partial charge in [0.1, 0.15) is 6.67 Å². The Morgan fingerprint density at radius 1 is 0.944 bits per heavy atom. The zero-order valence-electron chi connectivity index (χ0n) is 12.7. The molecule has 0 aromatic heterocycles. The summed E-state index contributed by atoms with van der Waals surface area (Å²) < 4.78 is 1.40. The van der Waals surface area contributed by atoms with Gasteiger partial charge in [-0.15, -0.1) is 0 Å². The zero-order valence-corrected chi connectivity index (χ0v) is 12.7. The molecule has 2 fully saturated rings. The summed E-state index contributed by atoms with van der Waals surface area (Å²) >= 11 is 0. The lowest BCUT2D eigenvalue weighted by Gasteiger charge is -2.41. The number of nitrogens with zero attached hydrogens (tertiary/aromatic N) is 2. The summed E-state index contributed by atoms with van der Waals surface area (Å²) in [6.07, 6.45) is 13.4. The minimum atomic E-state index is 0.957.